The number of nitrogens with zero attached hydrogens (tertiary/aromatic N) is 1. The Labute approximate surface area is 207 Å². The van der Waals surface area contributed by atoms with Crippen LogP contribution in [-0.2, 0) is 32.2 Å². The monoisotopic (exact) mass is 450 g/mol. The Morgan fingerprint density at radius 1 is 0.486 bits per heavy atom. The lowest BCUT2D eigenvalue weighted by Crippen LogP contribution is -2.44. The highest BCUT2D eigenvalue weighted by atomic mass is 15.0. The molecule has 0 bridgehead atoms. The van der Waals surface area contributed by atoms with Gasteiger partial charge in [-0.2, -0.15) is 4.57 Å². The molecule has 2 aliphatic rings. The summed E-state index contributed by atoms with van der Waals surface area (Å²) in [6.45, 7) is 0.878. The van der Waals surface area contributed by atoms with Crippen molar-refractivity contribution in [3.8, 4) is 33.6 Å². The Kier molecular flexibility index (Phi) is 4.87. The van der Waals surface area contributed by atoms with Gasteiger partial charge in [0.15, 0.2) is 6.54 Å². The zero-order chi connectivity index (χ0) is 23.2. The van der Waals surface area contributed by atoms with Crippen molar-refractivity contribution in [1.29, 1.82) is 0 Å². The molecule has 1 heterocycles. The predicted octanol–water partition coefficient (Wildman–Crippen LogP) is 7.22. The minimum atomic E-state index is 0.878. The molecule has 0 saturated carbocycles. The van der Waals surface area contributed by atoms with E-state index in [0.29, 0.717) is 0 Å². The van der Waals surface area contributed by atoms with Crippen LogP contribution in [0.3, 0.4) is 0 Å². The van der Waals surface area contributed by atoms with Crippen molar-refractivity contribution >= 4 is 0 Å². The summed E-state index contributed by atoms with van der Waals surface area (Å²) in [6, 6.07) is 40.2. The molecule has 168 valence electrons. The summed E-state index contributed by atoms with van der Waals surface area (Å²) >= 11 is 0. The molecule has 0 saturated heterocycles. The maximum absolute atomic E-state index is 2.66. The van der Waals surface area contributed by atoms with E-state index in [9.17, 15) is 0 Å². The second kappa shape index (κ2) is 8.36. The zero-order valence-corrected chi connectivity index (χ0v) is 19.9. The van der Waals surface area contributed by atoms with Gasteiger partial charge in [-0.3, -0.25) is 0 Å². The molecular weight excluding hydrogens is 422 g/mol. The summed E-state index contributed by atoms with van der Waals surface area (Å²) in [5, 5.41) is 0. The van der Waals surface area contributed by atoms with Gasteiger partial charge in [-0.15, -0.1) is 0 Å². The first-order valence-electron chi connectivity index (χ1n) is 12.8. The molecule has 0 fully saturated rings. The van der Waals surface area contributed by atoms with E-state index in [4.69, 9.17) is 0 Å². The molecule has 7 rings (SSSR count). The van der Waals surface area contributed by atoms with Crippen molar-refractivity contribution in [2.75, 3.05) is 0 Å². The fourth-order valence-electron chi connectivity index (χ4n) is 6.29. The largest absolute Gasteiger partial charge is 0.217 e. The van der Waals surface area contributed by atoms with Crippen LogP contribution < -0.4 is 4.57 Å². The molecule has 0 N–H and O–H groups in total. The van der Waals surface area contributed by atoms with Gasteiger partial charge < -0.3 is 0 Å². The number of benzene rings is 4. The van der Waals surface area contributed by atoms with Crippen molar-refractivity contribution in [3.05, 3.63) is 137 Å². The summed E-state index contributed by atoms with van der Waals surface area (Å²) in [4.78, 5) is 0. The smallest absolute Gasteiger partial charge is 0.186 e. The van der Waals surface area contributed by atoms with Crippen LogP contribution in [0.15, 0.2) is 109 Å². The Morgan fingerprint density at radius 3 is 1.54 bits per heavy atom. The average molecular weight is 451 g/mol. The second-order valence-electron chi connectivity index (χ2n) is 9.78. The van der Waals surface area contributed by atoms with E-state index < -0.39 is 0 Å². The van der Waals surface area contributed by atoms with Crippen LogP contribution in [0.25, 0.3) is 33.6 Å². The van der Waals surface area contributed by atoms with E-state index in [1.165, 1.54) is 61.5 Å². The minimum absolute atomic E-state index is 0.878. The van der Waals surface area contributed by atoms with Gasteiger partial charge >= 0.3 is 0 Å². The molecule has 0 aliphatic heterocycles. The highest BCUT2D eigenvalue weighted by Gasteiger charge is 2.37. The maximum Gasteiger partial charge on any atom is 0.217 e. The summed E-state index contributed by atoms with van der Waals surface area (Å²) in [6.07, 6.45) is 4.37. The second-order valence-corrected chi connectivity index (χ2v) is 9.78. The van der Waals surface area contributed by atoms with Gasteiger partial charge in [0.1, 0.15) is 0 Å². The average Bonchev–Trinajstić information content (AvgIpc) is 2.93. The third-order valence-corrected chi connectivity index (χ3v) is 7.79. The number of pyridine rings is 1. The Hall–Kier alpha value is -3.97. The van der Waals surface area contributed by atoms with Crippen LogP contribution in [0, 0.1) is 0 Å². The predicted molar refractivity (Wildman–Crippen MR) is 143 cm³/mol. The van der Waals surface area contributed by atoms with Crippen molar-refractivity contribution in [2.45, 2.75) is 32.2 Å². The molecule has 0 spiro atoms. The normalized spacial score (nSPS) is 13.4. The summed E-state index contributed by atoms with van der Waals surface area (Å²) in [5.41, 5.74) is 15.7. The first-order chi connectivity index (χ1) is 17.4. The SMILES string of the molecule is c1ccc(C[n+]2c3c(c(-c4ccccc4)c4c2-c2ccccc2CC4)CCc2ccccc2-3)cc1. The third-order valence-electron chi connectivity index (χ3n) is 7.79. The van der Waals surface area contributed by atoms with E-state index in [-0.39, 0.29) is 0 Å². The Balaban J connectivity index is 1.63. The number of aryl methyl sites for hydroxylation is 2. The molecular formula is C34H28N+. The summed E-state index contributed by atoms with van der Waals surface area (Å²) in [5.74, 6) is 0. The van der Waals surface area contributed by atoms with Crippen molar-refractivity contribution in [3.63, 3.8) is 0 Å². The summed E-state index contributed by atoms with van der Waals surface area (Å²) < 4.78 is 2.66. The van der Waals surface area contributed by atoms with Gasteiger partial charge in [0, 0.05) is 33.4 Å². The van der Waals surface area contributed by atoms with Gasteiger partial charge in [-0.05, 0) is 54.5 Å². The lowest BCUT2D eigenvalue weighted by molar-refractivity contribution is -0.667. The Morgan fingerprint density at radius 2 is 0.971 bits per heavy atom. The van der Waals surface area contributed by atoms with Crippen LogP contribution in [0.1, 0.15) is 27.8 Å². The fraction of sp³-hybridized carbons (Fsp3) is 0.147. The van der Waals surface area contributed by atoms with E-state index in [1.54, 1.807) is 0 Å². The van der Waals surface area contributed by atoms with Crippen molar-refractivity contribution in [2.24, 2.45) is 0 Å². The molecule has 0 radical (unpaired) electrons. The number of fused-ring (bicyclic) bond motifs is 6. The molecule has 2 aliphatic carbocycles. The molecule has 0 atom stereocenters. The molecule has 4 aromatic carbocycles. The molecule has 5 aromatic rings. The van der Waals surface area contributed by atoms with Crippen molar-refractivity contribution in [1.82, 2.24) is 0 Å². The molecule has 1 nitrogen and oxygen atoms in total. The van der Waals surface area contributed by atoms with Gasteiger partial charge in [0.25, 0.3) is 0 Å². The summed E-state index contributed by atoms with van der Waals surface area (Å²) in [7, 11) is 0. The lowest BCUT2D eigenvalue weighted by atomic mass is 9.77. The van der Waals surface area contributed by atoms with E-state index in [1.807, 2.05) is 0 Å². The zero-order valence-electron chi connectivity index (χ0n) is 19.9. The fourth-order valence-corrected chi connectivity index (χ4v) is 6.29. The molecule has 0 amide bonds. The van der Waals surface area contributed by atoms with Crippen molar-refractivity contribution < 1.29 is 4.57 Å². The van der Waals surface area contributed by atoms with Crippen LogP contribution >= 0.6 is 0 Å². The van der Waals surface area contributed by atoms with Gasteiger partial charge in [-0.25, -0.2) is 0 Å². The van der Waals surface area contributed by atoms with E-state index in [2.05, 4.69) is 114 Å². The van der Waals surface area contributed by atoms with E-state index >= 15 is 0 Å². The Bertz CT molecular complexity index is 1470. The highest BCUT2D eigenvalue weighted by molar-refractivity contribution is 5.85. The minimum Gasteiger partial charge on any atom is -0.186 e. The molecule has 1 heteroatoms. The number of hydrogen-bond acceptors (Lipinski definition) is 0. The lowest BCUT2D eigenvalue weighted by Gasteiger charge is -2.28. The van der Waals surface area contributed by atoms with Gasteiger partial charge in [0.05, 0.1) is 0 Å². The standard InChI is InChI=1S/C34H28N/c1-3-11-24(12-4-1)23-35-33-28-17-9-7-13-25(28)19-21-30(33)32(27-15-5-2-6-16-27)31-22-20-26-14-8-10-18-29(26)34(31)35/h1-18H,19-23H2/q+1. The number of aromatic nitrogens is 1. The van der Waals surface area contributed by atoms with E-state index in [0.717, 1.165) is 32.2 Å². The highest BCUT2D eigenvalue weighted by Crippen LogP contribution is 2.44. The molecule has 1 aromatic heterocycles. The number of rotatable bonds is 3. The van der Waals surface area contributed by atoms with Crippen LogP contribution in [0.2, 0.25) is 0 Å². The topological polar surface area (TPSA) is 3.88 Å². The number of hydrogen-bond donors (Lipinski definition) is 0. The first kappa shape index (κ1) is 20.4. The third kappa shape index (κ3) is 3.34. The molecule has 0 unspecified atom stereocenters. The maximum atomic E-state index is 2.66. The van der Waals surface area contributed by atoms with Crippen LogP contribution in [0.4, 0.5) is 0 Å². The van der Waals surface area contributed by atoms with Gasteiger partial charge in [0.2, 0.25) is 11.4 Å². The van der Waals surface area contributed by atoms with Crippen LogP contribution in [-0.4, -0.2) is 0 Å². The molecule has 35 heavy (non-hydrogen) atoms. The van der Waals surface area contributed by atoms with Gasteiger partial charge in [-0.1, -0.05) is 97.1 Å². The quantitative estimate of drug-likeness (QED) is 0.256. The van der Waals surface area contributed by atoms with Crippen LogP contribution in [0.5, 0.6) is 0 Å². The first-order valence-corrected chi connectivity index (χ1v) is 12.8.